The van der Waals surface area contributed by atoms with Crippen molar-refractivity contribution in [3.63, 3.8) is 0 Å². The maximum atomic E-state index is 11.5. The molecule has 0 spiro atoms. The normalized spacial score (nSPS) is 26.0. The maximum absolute atomic E-state index is 11.5. The van der Waals surface area contributed by atoms with Crippen molar-refractivity contribution in [2.24, 2.45) is 10.4 Å². The lowest BCUT2D eigenvalue weighted by Gasteiger charge is -2.28. The van der Waals surface area contributed by atoms with Gasteiger partial charge >= 0.3 is 5.97 Å². The third-order valence-electron chi connectivity index (χ3n) is 2.10. The first kappa shape index (κ1) is 11.0. The zero-order valence-corrected chi connectivity index (χ0v) is 9.11. The van der Waals surface area contributed by atoms with Crippen LogP contribution in [0.4, 0.5) is 0 Å². The summed E-state index contributed by atoms with van der Waals surface area (Å²) in [6, 6.07) is -0.505. The third-order valence-corrected chi connectivity index (χ3v) is 2.10. The summed E-state index contributed by atoms with van der Waals surface area (Å²) in [7, 11) is 0. The largest absolute Gasteiger partial charge is 0.477 e. The molecule has 80 valence electrons. The lowest BCUT2D eigenvalue weighted by Crippen LogP contribution is -2.40. The van der Waals surface area contributed by atoms with Crippen LogP contribution in [-0.4, -0.2) is 31.1 Å². The van der Waals surface area contributed by atoms with E-state index in [1.54, 1.807) is 6.92 Å². The van der Waals surface area contributed by atoms with Gasteiger partial charge < -0.3 is 9.47 Å². The number of ether oxygens (including phenoxy) is 2. The molecule has 4 heteroatoms. The van der Waals surface area contributed by atoms with E-state index in [1.807, 2.05) is 20.8 Å². The van der Waals surface area contributed by atoms with Crippen LogP contribution in [0.2, 0.25) is 0 Å². The van der Waals surface area contributed by atoms with Crippen LogP contribution in [0.3, 0.4) is 0 Å². The topological polar surface area (TPSA) is 47.9 Å². The van der Waals surface area contributed by atoms with Crippen LogP contribution < -0.4 is 0 Å². The van der Waals surface area contributed by atoms with Crippen molar-refractivity contribution in [2.75, 3.05) is 6.61 Å². The van der Waals surface area contributed by atoms with E-state index in [1.165, 1.54) is 6.40 Å². The molecular weight excluding hydrogens is 182 g/mol. The van der Waals surface area contributed by atoms with E-state index in [4.69, 9.17) is 9.47 Å². The van der Waals surface area contributed by atoms with Gasteiger partial charge in [-0.2, -0.15) is 0 Å². The molecular formula is C10H17NO3. The zero-order chi connectivity index (χ0) is 10.8. The minimum atomic E-state index is -0.505. The number of carbonyl (C=O) groups is 1. The Morgan fingerprint density at radius 2 is 2.21 bits per heavy atom. The Morgan fingerprint density at radius 1 is 1.57 bits per heavy atom. The van der Waals surface area contributed by atoms with Crippen molar-refractivity contribution < 1.29 is 14.3 Å². The molecule has 1 aliphatic rings. The summed E-state index contributed by atoms with van der Waals surface area (Å²) in [5.74, 6) is -0.304. The number of rotatable bonds is 2. The Labute approximate surface area is 84.3 Å². The van der Waals surface area contributed by atoms with Crippen molar-refractivity contribution in [1.82, 2.24) is 0 Å². The molecule has 1 rings (SSSR count). The van der Waals surface area contributed by atoms with Crippen LogP contribution in [0.1, 0.15) is 27.7 Å². The summed E-state index contributed by atoms with van der Waals surface area (Å²) < 4.78 is 10.2. The molecule has 2 atom stereocenters. The van der Waals surface area contributed by atoms with Crippen LogP contribution in [-0.2, 0) is 14.3 Å². The third kappa shape index (κ3) is 2.25. The van der Waals surface area contributed by atoms with Gasteiger partial charge in [-0.1, -0.05) is 20.8 Å². The first-order valence-electron chi connectivity index (χ1n) is 4.80. The average molecular weight is 199 g/mol. The van der Waals surface area contributed by atoms with E-state index in [0.29, 0.717) is 6.61 Å². The average Bonchev–Trinajstić information content (AvgIpc) is 2.50. The molecule has 2 unspecified atom stereocenters. The van der Waals surface area contributed by atoms with E-state index < -0.39 is 6.04 Å². The SMILES string of the molecule is CCOC(=O)C1N=COC1C(C)(C)C. The summed E-state index contributed by atoms with van der Waals surface area (Å²) in [5.41, 5.74) is -0.117. The predicted octanol–water partition coefficient (Wildman–Crippen LogP) is 1.39. The second-order valence-electron chi connectivity index (χ2n) is 4.37. The highest BCUT2D eigenvalue weighted by Crippen LogP contribution is 2.29. The molecule has 0 fully saturated rings. The fourth-order valence-electron chi connectivity index (χ4n) is 1.41. The van der Waals surface area contributed by atoms with E-state index in [-0.39, 0.29) is 17.5 Å². The van der Waals surface area contributed by atoms with Gasteiger partial charge in [0.2, 0.25) is 0 Å². The Bertz CT molecular complexity index is 242. The number of hydrogen-bond donors (Lipinski definition) is 0. The molecule has 0 radical (unpaired) electrons. The minimum absolute atomic E-state index is 0.117. The van der Waals surface area contributed by atoms with Gasteiger partial charge in [-0.05, 0) is 6.92 Å². The molecule has 0 aliphatic carbocycles. The molecule has 0 saturated heterocycles. The fourth-order valence-corrected chi connectivity index (χ4v) is 1.41. The number of esters is 1. The number of aliphatic imine (C=N–C) groups is 1. The molecule has 0 N–H and O–H groups in total. The van der Waals surface area contributed by atoms with E-state index in [0.717, 1.165) is 0 Å². The summed E-state index contributed by atoms with van der Waals surface area (Å²) in [6.07, 6.45) is 1.12. The van der Waals surface area contributed by atoms with Gasteiger partial charge in [0.1, 0.15) is 6.10 Å². The zero-order valence-electron chi connectivity index (χ0n) is 9.11. The lowest BCUT2D eigenvalue weighted by atomic mass is 9.85. The highest BCUT2D eigenvalue weighted by molar-refractivity contribution is 5.80. The van der Waals surface area contributed by atoms with Crippen LogP contribution >= 0.6 is 0 Å². The second kappa shape index (κ2) is 3.98. The molecule has 0 aromatic rings. The van der Waals surface area contributed by atoms with Gasteiger partial charge in [0.25, 0.3) is 0 Å². The number of carbonyl (C=O) groups excluding carboxylic acids is 1. The highest BCUT2D eigenvalue weighted by atomic mass is 16.5. The Balaban J connectivity index is 2.68. The molecule has 1 aliphatic heterocycles. The summed E-state index contributed by atoms with van der Waals surface area (Å²) >= 11 is 0. The van der Waals surface area contributed by atoms with Gasteiger partial charge in [0, 0.05) is 5.41 Å². The Hall–Kier alpha value is -1.06. The van der Waals surface area contributed by atoms with E-state index in [2.05, 4.69) is 4.99 Å². The van der Waals surface area contributed by atoms with Crippen LogP contribution in [0.5, 0.6) is 0 Å². The molecule has 0 saturated carbocycles. The van der Waals surface area contributed by atoms with E-state index >= 15 is 0 Å². The first-order valence-corrected chi connectivity index (χ1v) is 4.80. The van der Waals surface area contributed by atoms with Crippen molar-refractivity contribution >= 4 is 12.4 Å². The molecule has 4 nitrogen and oxygen atoms in total. The van der Waals surface area contributed by atoms with Gasteiger partial charge in [0.05, 0.1) is 6.61 Å². The molecule has 14 heavy (non-hydrogen) atoms. The maximum Gasteiger partial charge on any atom is 0.334 e. The van der Waals surface area contributed by atoms with Gasteiger partial charge in [-0.15, -0.1) is 0 Å². The fraction of sp³-hybridized carbons (Fsp3) is 0.800. The molecule has 0 aromatic heterocycles. The van der Waals surface area contributed by atoms with Crippen molar-refractivity contribution in [3.8, 4) is 0 Å². The second-order valence-corrected chi connectivity index (χ2v) is 4.37. The number of hydrogen-bond acceptors (Lipinski definition) is 4. The predicted molar refractivity (Wildman–Crippen MR) is 53.2 cm³/mol. The molecule has 0 bridgehead atoms. The van der Waals surface area contributed by atoms with Crippen molar-refractivity contribution in [3.05, 3.63) is 0 Å². The van der Waals surface area contributed by atoms with E-state index in [9.17, 15) is 4.79 Å². The molecule has 1 heterocycles. The molecule has 0 amide bonds. The van der Waals surface area contributed by atoms with Crippen molar-refractivity contribution in [1.29, 1.82) is 0 Å². The summed E-state index contributed by atoms with van der Waals surface area (Å²) in [4.78, 5) is 15.5. The van der Waals surface area contributed by atoms with Gasteiger partial charge in [0.15, 0.2) is 12.4 Å². The van der Waals surface area contributed by atoms with Gasteiger partial charge in [-0.25, -0.2) is 9.79 Å². The summed E-state index contributed by atoms with van der Waals surface area (Å²) in [6.45, 7) is 8.20. The van der Waals surface area contributed by atoms with Crippen LogP contribution in [0, 0.1) is 5.41 Å². The minimum Gasteiger partial charge on any atom is -0.477 e. The van der Waals surface area contributed by atoms with Crippen molar-refractivity contribution in [2.45, 2.75) is 39.8 Å². The Kier molecular flexibility index (Phi) is 3.13. The van der Waals surface area contributed by atoms with Gasteiger partial charge in [-0.3, -0.25) is 0 Å². The smallest absolute Gasteiger partial charge is 0.334 e. The monoisotopic (exact) mass is 199 g/mol. The molecule has 0 aromatic carbocycles. The highest BCUT2D eigenvalue weighted by Gasteiger charge is 2.41. The standard InChI is InChI=1S/C10H17NO3/c1-5-13-9(12)7-8(10(2,3)4)14-6-11-7/h6-8H,5H2,1-4H3. The van der Waals surface area contributed by atoms with Crippen LogP contribution in [0.25, 0.3) is 0 Å². The quantitative estimate of drug-likeness (QED) is 0.631. The Morgan fingerprint density at radius 3 is 2.71 bits per heavy atom. The summed E-state index contributed by atoms with van der Waals surface area (Å²) in [5, 5.41) is 0. The first-order chi connectivity index (χ1) is 6.46. The van der Waals surface area contributed by atoms with Crippen LogP contribution in [0.15, 0.2) is 4.99 Å². The lowest BCUT2D eigenvalue weighted by molar-refractivity contribution is -0.147. The number of nitrogens with zero attached hydrogens (tertiary/aromatic N) is 1.